The molecule has 1 aromatic heterocycles. The molecular formula is C16H13ClF2N2O2. The number of hydrogen-bond donors (Lipinski definition) is 2. The van der Waals surface area contributed by atoms with Gasteiger partial charge in [-0.15, -0.1) is 0 Å². The predicted molar refractivity (Wildman–Crippen MR) is 82.6 cm³/mol. The van der Waals surface area contributed by atoms with E-state index in [0.29, 0.717) is 11.1 Å². The summed E-state index contributed by atoms with van der Waals surface area (Å²) in [5, 5.41) is 11.8. The zero-order chi connectivity index (χ0) is 16.8. The first kappa shape index (κ1) is 17.1. The molecule has 1 aromatic carbocycles. The highest BCUT2D eigenvalue weighted by Crippen LogP contribution is 2.20. The summed E-state index contributed by atoms with van der Waals surface area (Å²) in [5.74, 6) is -1.68. The van der Waals surface area contributed by atoms with Crippen LogP contribution in [-0.4, -0.2) is 22.6 Å². The van der Waals surface area contributed by atoms with Gasteiger partial charge in [0.2, 0.25) is 5.91 Å². The third-order valence-corrected chi connectivity index (χ3v) is 3.30. The van der Waals surface area contributed by atoms with Gasteiger partial charge >= 0.3 is 0 Å². The standard InChI is InChI=1S/C16H13ClF2N2O2/c17-13-3-2-11(6-14(13)19)15(9-22)21-16(23)4-1-10-5-12(18)8-20-7-10/h1-8,15,22H,9H2,(H,21,23)/b4-1+. The average Bonchev–Trinajstić information content (AvgIpc) is 2.53. The van der Waals surface area contributed by atoms with Crippen LogP contribution in [0.5, 0.6) is 0 Å². The fourth-order valence-corrected chi connectivity index (χ4v) is 1.99. The number of hydrogen-bond acceptors (Lipinski definition) is 3. The van der Waals surface area contributed by atoms with Crippen molar-refractivity contribution in [2.45, 2.75) is 6.04 Å². The maximum absolute atomic E-state index is 13.4. The first-order valence-electron chi connectivity index (χ1n) is 6.64. The van der Waals surface area contributed by atoms with Crippen molar-refractivity contribution in [1.29, 1.82) is 0 Å². The largest absolute Gasteiger partial charge is 0.394 e. The van der Waals surface area contributed by atoms with E-state index in [1.807, 2.05) is 0 Å². The van der Waals surface area contributed by atoms with E-state index in [-0.39, 0.29) is 5.02 Å². The number of carbonyl (C=O) groups excluding carboxylic acids is 1. The van der Waals surface area contributed by atoms with Crippen LogP contribution in [0.2, 0.25) is 5.02 Å². The molecule has 120 valence electrons. The summed E-state index contributed by atoms with van der Waals surface area (Å²) in [6, 6.07) is 4.42. The van der Waals surface area contributed by atoms with Crippen molar-refractivity contribution in [3.05, 3.63) is 70.5 Å². The fourth-order valence-electron chi connectivity index (χ4n) is 1.87. The van der Waals surface area contributed by atoms with E-state index in [4.69, 9.17) is 11.6 Å². The summed E-state index contributed by atoms with van der Waals surface area (Å²) < 4.78 is 26.4. The lowest BCUT2D eigenvalue weighted by Crippen LogP contribution is -2.29. The Labute approximate surface area is 136 Å². The Kier molecular flexibility index (Phi) is 5.78. The van der Waals surface area contributed by atoms with Crippen molar-refractivity contribution in [1.82, 2.24) is 10.3 Å². The smallest absolute Gasteiger partial charge is 0.244 e. The van der Waals surface area contributed by atoms with Gasteiger partial charge in [0.1, 0.15) is 11.6 Å². The molecule has 1 unspecified atom stereocenters. The van der Waals surface area contributed by atoms with Crippen LogP contribution in [0, 0.1) is 11.6 Å². The van der Waals surface area contributed by atoms with Crippen LogP contribution >= 0.6 is 11.6 Å². The second kappa shape index (κ2) is 7.80. The molecule has 0 aliphatic heterocycles. The molecule has 7 heteroatoms. The molecule has 0 spiro atoms. The number of benzene rings is 1. The number of halogens is 3. The number of nitrogens with one attached hydrogen (secondary N) is 1. The first-order valence-corrected chi connectivity index (χ1v) is 7.02. The number of aliphatic hydroxyl groups excluding tert-OH is 1. The van der Waals surface area contributed by atoms with E-state index >= 15 is 0 Å². The summed E-state index contributed by atoms with van der Waals surface area (Å²) in [6.45, 7) is -0.415. The van der Waals surface area contributed by atoms with Crippen molar-refractivity contribution >= 4 is 23.6 Å². The Morgan fingerprint density at radius 2 is 2.13 bits per heavy atom. The minimum Gasteiger partial charge on any atom is -0.394 e. The molecule has 2 rings (SSSR count). The van der Waals surface area contributed by atoms with Crippen molar-refractivity contribution in [3.63, 3.8) is 0 Å². The van der Waals surface area contributed by atoms with Gasteiger partial charge < -0.3 is 10.4 Å². The molecule has 1 amide bonds. The summed E-state index contributed by atoms with van der Waals surface area (Å²) in [4.78, 5) is 15.5. The predicted octanol–water partition coefficient (Wildman–Crippen LogP) is 2.88. The number of rotatable bonds is 5. The minimum atomic E-state index is -0.787. The molecule has 4 nitrogen and oxygen atoms in total. The van der Waals surface area contributed by atoms with Crippen molar-refractivity contribution < 1.29 is 18.7 Å². The molecule has 0 saturated carbocycles. The summed E-state index contributed by atoms with van der Waals surface area (Å²) in [7, 11) is 0. The van der Waals surface area contributed by atoms with Crippen LogP contribution in [-0.2, 0) is 4.79 Å². The Balaban J connectivity index is 2.06. The van der Waals surface area contributed by atoms with E-state index in [1.165, 1.54) is 36.5 Å². The van der Waals surface area contributed by atoms with Crippen LogP contribution in [0.1, 0.15) is 17.2 Å². The van der Waals surface area contributed by atoms with Gasteiger partial charge in [0.05, 0.1) is 23.9 Å². The Morgan fingerprint density at radius 3 is 2.78 bits per heavy atom. The van der Waals surface area contributed by atoms with Crippen molar-refractivity contribution in [2.75, 3.05) is 6.61 Å². The highest BCUT2D eigenvalue weighted by Gasteiger charge is 2.14. The van der Waals surface area contributed by atoms with Crippen LogP contribution in [0.3, 0.4) is 0 Å². The summed E-state index contributed by atoms with van der Waals surface area (Å²) in [5.41, 5.74) is 0.793. The molecule has 0 saturated heterocycles. The van der Waals surface area contributed by atoms with E-state index in [9.17, 15) is 18.7 Å². The van der Waals surface area contributed by atoms with Crippen molar-refractivity contribution in [2.24, 2.45) is 0 Å². The molecule has 2 N–H and O–H groups in total. The van der Waals surface area contributed by atoms with Gasteiger partial charge in [-0.1, -0.05) is 17.7 Å². The van der Waals surface area contributed by atoms with E-state index in [1.54, 1.807) is 0 Å². The van der Waals surface area contributed by atoms with Crippen LogP contribution in [0.15, 0.2) is 42.7 Å². The Bertz CT molecular complexity index is 738. The van der Waals surface area contributed by atoms with Crippen LogP contribution in [0.25, 0.3) is 6.08 Å². The number of amides is 1. The Hall–Kier alpha value is -2.31. The average molecular weight is 339 g/mol. The molecule has 2 aromatic rings. The van der Waals surface area contributed by atoms with Gasteiger partial charge in [-0.25, -0.2) is 8.78 Å². The van der Waals surface area contributed by atoms with Crippen molar-refractivity contribution in [3.8, 4) is 0 Å². The van der Waals surface area contributed by atoms with E-state index < -0.39 is 30.2 Å². The molecule has 0 fully saturated rings. The number of pyridine rings is 1. The highest BCUT2D eigenvalue weighted by atomic mass is 35.5. The first-order chi connectivity index (χ1) is 11.0. The van der Waals surface area contributed by atoms with Gasteiger partial charge in [0.25, 0.3) is 0 Å². The Morgan fingerprint density at radius 1 is 1.35 bits per heavy atom. The van der Waals surface area contributed by atoms with Gasteiger partial charge in [0, 0.05) is 12.3 Å². The fraction of sp³-hybridized carbons (Fsp3) is 0.125. The molecule has 1 atom stereocenters. The number of carbonyl (C=O) groups is 1. The van der Waals surface area contributed by atoms with Gasteiger partial charge in [-0.2, -0.15) is 0 Å². The minimum absolute atomic E-state index is 0.0460. The lowest BCUT2D eigenvalue weighted by Gasteiger charge is -2.16. The van der Waals surface area contributed by atoms with Crippen LogP contribution < -0.4 is 5.32 Å². The second-order valence-corrected chi connectivity index (χ2v) is 5.09. The van der Waals surface area contributed by atoms with E-state index in [2.05, 4.69) is 10.3 Å². The van der Waals surface area contributed by atoms with E-state index in [0.717, 1.165) is 12.3 Å². The SMILES string of the molecule is O=C(/C=C/c1cncc(F)c1)NC(CO)c1ccc(Cl)c(F)c1. The zero-order valence-electron chi connectivity index (χ0n) is 11.8. The summed E-state index contributed by atoms with van der Waals surface area (Å²) in [6.07, 6.45) is 4.99. The highest BCUT2D eigenvalue weighted by molar-refractivity contribution is 6.30. The molecule has 0 aliphatic rings. The lowest BCUT2D eigenvalue weighted by atomic mass is 10.1. The third-order valence-electron chi connectivity index (χ3n) is 3.00. The third kappa shape index (κ3) is 4.84. The molecule has 23 heavy (non-hydrogen) atoms. The van der Waals surface area contributed by atoms with Gasteiger partial charge in [0.15, 0.2) is 0 Å². The molecule has 1 heterocycles. The van der Waals surface area contributed by atoms with Crippen LogP contribution in [0.4, 0.5) is 8.78 Å². The number of nitrogens with zero attached hydrogens (tertiary/aromatic N) is 1. The second-order valence-electron chi connectivity index (χ2n) is 4.69. The molecule has 0 bridgehead atoms. The monoisotopic (exact) mass is 338 g/mol. The molecule has 0 radical (unpaired) electrons. The number of aromatic nitrogens is 1. The summed E-state index contributed by atoms with van der Waals surface area (Å²) >= 11 is 5.59. The normalized spacial score (nSPS) is 12.3. The quantitative estimate of drug-likeness (QED) is 0.824. The zero-order valence-corrected chi connectivity index (χ0v) is 12.6. The van der Waals surface area contributed by atoms with Gasteiger partial charge in [-0.05, 0) is 35.4 Å². The number of aliphatic hydroxyl groups is 1. The maximum Gasteiger partial charge on any atom is 0.244 e. The van der Waals surface area contributed by atoms with Gasteiger partial charge in [-0.3, -0.25) is 9.78 Å². The lowest BCUT2D eigenvalue weighted by molar-refractivity contribution is -0.117. The maximum atomic E-state index is 13.4. The molecular weight excluding hydrogens is 326 g/mol. The molecule has 0 aliphatic carbocycles. The topological polar surface area (TPSA) is 62.2 Å².